The van der Waals surface area contributed by atoms with Crippen LogP contribution >= 0.6 is 0 Å². The quantitative estimate of drug-likeness (QED) is 0.766. The van der Waals surface area contributed by atoms with Crippen molar-refractivity contribution >= 4 is 5.69 Å². The van der Waals surface area contributed by atoms with E-state index >= 15 is 0 Å². The first-order valence-corrected chi connectivity index (χ1v) is 5.57. The fourth-order valence-electron chi connectivity index (χ4n) is 1.68. The summed E-state index contributed by atoms with van der Waals surface area (Å²) < 4.78 is 0. The molecular formula is C13H22N2O. The van der Waals surface area contributed by atoms with Gasteiger partial charge in [0.05, 0.1) is 6.61 Å². The van der Waals surface area contributed by atoms with Gasteiger partial charge in [-0.05, 0) is 45.5 Å². The molecule has 0 saturated heterocycles. The van der Waals surface area contributed by atoms with Gasteiger partial charge in [0.15, 0.2) is 0 Å². The number of nitrogens with two attached hydrogens (primary N) is 1. The Morgan fingerprint density at radius 1 is 1.44 bits per heavy atom. The average Bonchev–Trinajstić information content (AvgIpc) is 2.27. The summed E-state index contributed by atoms with van der Waals surface area (Å²) >= 11 is 0. The molecule has 0 aliphatic heterocycles. The van der Waals surface area contributed by atoms with Crippen LogP contribution in [0, 0.1) is 0 Å². The van der Waals surface area contributed by atoms with E-state index in [9.17, 15) is 5.11 Å². The van der Waals surface area contributed by atoms with Gasteiger partial charge in [0.1, 0.15) is 0 Å². The highest BCUT2D eigenvalue weighted by Gasteiger charge is 2.27. The summed E-state index contributed by atoms with van der Waals surface area (Å²) in [4.78, 5) is 2.15. The van der Waals surface area contributed by atoms with Crippen molar-refractivity contribution in [2.24, 2.45) is 0 Å². The molecule has 0 aromatic heterocycles. The van der Waals surface area contributed by atoms with E-state index in [-0.39, 0.29) is 18.2 Å². The minimum atomic E-state index is -0.232. The van der Waals surface area contributed by atoms with Gasteiger partial charge < -0.3 is 10.8 Å². The van der Waals surface area contributed by atoms with E-state index in [1.165, 1.54) is 5.56 Å². The van der Waals surface area contributed by atoms with Gasteiger partial charge in [-0.3, -0.25) is 4.90 Å². The van der Waals surface area contributed by atoms with E-state index in [0.29, 0.717) is 0 Å². The number of hydrogen-bond acceptors (Lipinski definition) is 3. The zero-order valence-electron chi connectivity index (χ0n) is 10.6. The summed E-state index contributed by atoms with van der Waals surface area (Å²) in [7, 11) is 2.02. The Labute approximate surface area is 97.9 Å². The Morgan fingerprint density at radius 3 is 2.56 bits per heavy atom. The lowest BCUT2D eigenvalue weighted by Gasteiger charge is -2.38. The van der Waals surface area contributed by atoms with Crippen molar-refractivity contribution in [2.45, 2.75) is 32.4 Å². The van der Waals surface area contributed by atoms with Gasteiger partial charge in [0.25, 0.3) is 0 Å². The highest BCUT2D eigenvalue weighted by molar-refractivity contribution is 5.41. The third kappa shape index (κ3) is 2.74. The second-order valence-corrected chi connectivity index (χ2v) is 4.93. The van der Waals surface area contributed by atoms with Crippen molar-refractivity contribution in [1.82, 2.24) is 4.90 Å². The molecule has 3 nitrogen and oxygen atoms in total. The van der Waals surface area contributed by atoms with Gasteiger partial charge in [-0.1, -0.05) is 12.1 Å². The molecule has 0 radical (unpaired) electrons. The van der Waals surface area contributed by atoms with Crippen LogP contribution in [0.4, 0.5) is 5.69 Å². The van der Waals surface area contributed by atoms with Crippen LogP contribution in [-0.4, -0.2) is 29.2 Å². The number of nitrogens with zero attached hydrogens (tertiary/aromatic N) is 1. The van der Waals surface area contributed by atoms with Crippen LogP contribution in [0.1, 0.15) is 32.4 Å². The van der Waals surface area contributed by atoms with Gasteiger partial charge in [0.2, 0.25) is 0 Å². The number of likely N-dealkylation sites (N-methyl/N-ethyl adjacent to an activating group) is 1. The molecule has 1 rings (SSSR count). The molecule has 1 aromatic carbocycles. The maximum Gasteiger partial charge on any atom is 0.0610 e. The SMILES string of the molecule is CC(c1cccc(N)c1)N(C)C(C)(C)CO. The number of benzene rings is 1. The smallest absolute Gasteiger partial charge is 0.0610 e. The first-order chi connectivity index (χ1) is 7.38. The van der Waals surface area contributed by atoms with E-state index in [1.807, 2.05) is 39.1 Å². The standard InChI is InChI=1S/C13H22N2O/c1-10(15(4)13(2,3)9-16)11-6-5-7-12(14)8-11/h5-8,10,16H,9,14H2,1-4H3. The molecule has 1 atom stereocenters. The molecule has 0 saturated carbocycles. The minimum absolute atomic E-state index is 0.135. The van der Waals surface area contributed by atoms with Crippen molar-refractivity contribution in [2.75, 3.05) is 19.4 Å². The molecule has 0 aliphatic carbocycles. The Kier molecular flexibility index (Phi) is 3.94. The Bertz CT molecular complexity index is 350. The lowest BCUT2D eigenvalue weighted by molar-refractivity contribution is 0.0503. The topological polar surface area (TPSA) is 49.5 Å². The van der Waals surface area contributed by atoms with Crippen molar-refractivity contribution in [3.05, 3.63) is 29.8 Å². The predicted octanol–water partition coefficient (Wildman–Crippen LogP) is 2.03. The second-order valence-electron chi connectivity index (χ2n) is 4.93. The number of nitrogen functional groups attached to an aromatic ring is 1. The predicted molar refractivity (Wildman–Crippen MR) is 68.2 cm³/mol. The summed E-state index contributed by atoms with van der Waals surface area (Å²) in [5.41, 5.74) is 7.49. The summed E-state index contributed by atoms with van der Waals surface area (Å²) in [5, 5.41) is 9.35. The van der Waals surface area contributed by atoms with Gasteiger partial charge in [-0.2, -0.15) is 0 Å². The molecule has 0 heterocycles. The fourth-order valence-corrected chi connectivity index (χ4v) is 1.68. The molecule has 1 aromatic rings. The van der Waals surface area contributed by atoms with Crippen molar-refractivity contribution in [3.8, 4) is 0 Å². The van der Waals surface area contributed by atoms with E-state index in [2.05, 4.69) is 17.9 Å². The van der Waals surface area contributed by atoms with Gasteiger partial charge in [-0.25, -0.2) is 0 Å². The average molecular weight is 222 g/mol. The summed E-state index contributed by atoms with van der Waals surface area (Å²) in [6.45, 7) is 6.30. The zero-order chi connectivity index (χ0) is 12.3. The third-order valence-corrected chi connectivity index (χ3v) is 3.32. The van der Waals surface area contributed by atoms with Crippen LogP contribution in [0.3, 0.4) is 0 Å². The van der Waals surface area contributed by atoms with E-state index < -0.39 is 0 Å². The maximum absolute atomic E-state index is 9.35. The number of aliphatic hydroxyl groups is 1. The molecule has 3 heteroatoms. The number of aliphatic hydroxyl groups excluding tert-OH is 1. The Morgan fingerprint density at radius 2 is 2.06 bits per heavy atom. The first kappa shape index (κ1) is 13.0. The first-order valence-electron chi connectivity index (χ1n) is 5.57. The summed E-state index contributed by atoms with van der Waals surface area (Å²) in [6.07, 6.45) is 0. The van der Waals surface area contributed by atoms with Crippen LogP contribution in [0.15, 0.2) is 24.3 Å². The number of anilines is 1. The molecule has 0 amide bonds. The summed E-state index contributed by atoms with van der Waals surface area (Å²) in [5.74, 6) is 0. The molecule has 0 spiro atoms. The van der Waals surface area contributed by atoms with Crippen molar-refractivity contribution in [3.63, 3.8) is 0 Å². The van der Waals surface area contributed by atoms with Crippen molar-refractivity contribution in [1.29, 1.82) is 0 Å². The molecule has 16 heavy (non-hydrogen) atoms. The van der Waals surface area contributed by atoms with Gasteiger partial charge in [0, 0.05) is 17.3 Å². The molecule has 0 aliphatic rings. The van der Waals surface area contributed by atoms with Crippen LogP contribution in [0.25, 0.3) is 0 Å². The highest BCUT2D eigenvalue weighted by atomic mass is 16.3. The Hall–Kier alpha value is -1.06. The lowest BCUT2D eigenvalue weighted by atomic mass is 9.99. The largest absolute Gasteiger partial charge is 0.399 e. The van der Waals surface area contributed by atoms with E-state index in [1.54, 1.807) is 0 Å². The van der Waals surface area contributed by atoms with Crippen LogP contribution in [-0.2, 0) is 0 Å². The molecular weight excluding hydrogens is 200 g/mol. The molecule has 3 N–H and O–H groups in total. The van der Waals surface area contributed by atoms with E-state index in [0.717, 1.165) is 5.69 Å². The van der Waals surface area contributed by atoms with Crippen LogP contribution in [0.2, 0.25) is 0 Å². The van der Waals surface area contributed by atoms with Crippen LogP contribution in [0.5, 0.6) is 0 Å². The number of rotatable bonds is 4. The fraction of sp³-hybridized carbons (Fsp3) is 0.538. The minimum Gasteiger partial charge on any atom is -0.399 e. The molecule has 90 valence electrons. The highest BCUT2D eigenvalue weighted by Crippen LogP contribution is 2.26. The van der Waals surface area contributed by atoms with Crippen molar-refractivity contribution < 1.29 is 5.11 Å². The maximum atomic E-state index is 9.35. The molecule has 1 unspecified atom stereocenters. The lowest BCUT2D eigenvalue weighted by Crippen LogP contribution is -2.45. The third-order valence-electron chi connectivity index (χ3n) is 3.32. The number of hydrogen-bond donors (Lipinski definition) is 2. The van der Waals surface area contributed by atoms with Gasteiger partial charge >= 0.3 is 0 Å². The van der Waals surface area contributed by atoms with E-state index in [4.69, 9.17) is 5.73 Å². The molecule has 0 fully saturated rings. The summed E-state index contributed by atoms with van der Waals surface area (Å²) in [6, 6.07) is 8.11. The normalized spacial score (nSPS) is 14.1. The second kappa shape index (κ2) is 4.85. The zero-order valence-corrected chi connectivity index (χ0v) is 10.6. The van der Waals surface area contributed by atoms with Crippen LogP contribution < -0.4 is 5.73 Å². The van der Waals surface area contributed by atoms with Gasteiger partial charge in [-0.15, -0.1) is 0 Å². The molecule has 0 bridgehead atoms. The Balaban J connectivity index is 2.90. The monoisotopic (exact) mass is 222 g/mol.